The molecule has 2 saturated carbocycles. The zero-order chi connectivity index (χ0) is 26.9. The van der Waals surface area contributed by atoms with Crippen LogP contribution in [0, 0.1) is 22.7 Å². The summed E-state index contributed by atoms with van der Waals surface area (Å²) in [5.41, 5.74) is -3.42. The van der Waals surface area contributed by atoms with Gasteiger partial charge in [-0.15, -0.1) is 0 Å². The number of carbonyl (C=O) groups excluding carboxylic acids is 1. The van der Waals surface area contributed by atoms with Crippen LogP contribution in [0.25, 0.3) is 11.3 Å². The van der Waals surface area contributed by atoms with Crippen molar-refractivity contribution in [2.75, 3.05) is 20.8 Å². The number of hydrogen-bond acceptors (Lipinski definition) is 9. The molecule has 7 atom stereocenters. The average molecular weight is 515 g/mol. The molecule has 2 heterocycles. The molecule has 2 unspecified atom stereocenters. The van der Waals surface area contributed by atoms with Crippen LogP contribution in [0.15, 0.2) is 33.5 Å². The lowest BCUT2D eigenvalue weighted by atomic mass is 9.43. The van der Waals surface area contributed by atoms with Crippen LogP contribution in [0.3, 0.4) is 0 Å². The Morgan fingerprint density at radius 1 is 1.03 bits per heavy atom. The van der Waals surface area contributed by atoms with E-state index in [1.54, 1.807) is 32.0 Å². The van der Waals surface area contributed by atoms with Crippen molar-refractivity contribution in [3.8, 4) is 28.6 Å². The molecule has 5 rings (SSSR count). The molecule has 1 aromatic carbocycles. The molecule has 0 saturated heterocycles. The summed E-state index contributed by atoms with van der Waals surface area (Å²) in [7, 11) is 3.02. The van der Waals surface area contributed by atoms with Crippen LogP contribution in [0.4, 0.5) is 0 Å². The minimum absolute atomic E-state index is 0.0617. The van der Waals surface area contributed by atoms with Crippen molar-refractivity contribution in [1.82, 2.24) is 0 Å². The lowest BCUT2D eigenvalue weighted by Crippen LogP contribution is -2.71. The molecule has 1 aliphatic heterocycles. The van der Waals surface area contributed by atoms with E-state index in [4.69, 9.17) is 18.6 Å². The number of fused-ring (bicyclic) bond motifs is 4. The second-order valence-corrected chi connectivity index (χ2v) is 11.3. The number of carbonyl (C=O) groups is 1. The van der Waals surface area contributed by atoms with Gasteiger partial charge in [-0.3, -0.25) is 4.79 Å². The highest BCUT2D eigenvalue weighted by molar-refractivity contribution is 6.02. The molecule has 0 amide bonds. The Morgan fingerprint density at radius 3 is 2.38 bits per heavy atom. The molecular formula is C28H34O9. The second-order valence-electron chi connectivity index (χ2n) is 11.3. The van der Waals surface area contributed by atoms with Gasteiger partial charge in [-0.05, 0) is 55.7 Å². The van der Waals surface area contributed by atoms with E-state index in [9.17, 15) is 24.9 Å². The maximum absolute atomic E-state index is 14.1. The zero-order valence-corrected chi connectivity index (χ0v) is 21.7. The van der Waals surface area contributed by atoms with Gasteiger partial charge in [0.1, 0.15) is 22.7 Å². The number of aliphatic hydroxyl groups excluding tert-OH is 3. The smallest absolute Gasteiger partial charge is 0.351 e. The van der Waals surface area contributed by atoms with Gasteiger partial charge < -0.3 is 33.9 Å². The number of hydrogen-bond donors (Lipinski definition) is 3. The molecule has 9 nitrogen and oxygen atoms in total. The Kier molecular flexibility index (Phi) is 5.97. The SMILES string of the molecule is COc1ccc(-c2cc3c(c(=O)o2)C(=O)C2[C@@]4(C)CC[C@H](O)[C@@](C)(CO)C4C[C@H](O)[C@@]2(C)O3)cc1OC. The van der Waals surface area contributed by atoms with E-state index in [1.165, 1.54) is 20.3 Å². The number of Topliss-reactive ketones (excluding diaryl/α,β-unsaturated/α-hetero) is 1. The number of ketones is 1. The molecule has 3 aliphatic rings. The molecule has 37 heavy (non-hydrogen) atoms. The first kappa shape index (κ1) is 25.8. The predicted octanol–water partition coefficient (Wildman–Crippen LogP) is 2.81. The van der Waals surface area contributed by atoms with Gasteiger partial charge in [0.15, 0.2) is 17.3 Å². The first-order valence-corrected chi connectivity index (χ1v) is 12.6. The molecule has 1 aromatic heterocycles. The summed E-state index contributed by atoms with van der Waals surface area (Å²) >= 11 is 0. The van der Waals surface area contributed by atoms with E-state index in [2.05, 4.69) is 0 Å². The molecule has 2 aromatic rings. The Hall–Kier alpha value is -2.88. The van der Waals surface area contributed by atoms with Crippen LogP contribution in [0.5, 0.6) is 17.2 Å². The van der Waals surface area contributed by atoms with Gasteiger partial charge in [0, 0.05) is 17.0 Å². The van der Waals surface area contributed by atoms with Crippen molar-refractivity contribution in [3.63, 3.8) is 0 Å². The molecule has 0 radical (unpaired) electrons. The summed E-state index contributed by atoms with van der Waals surface area (Å²) in [5.74, 6) is -0.483. The van der Waals surface area contributed by atoms with Crippen molar-refractivity contribution in [2.24, 2.45) is 22.7 Å². The van der Waals surface area contributed by atoms with E-state index < -0.39 is 46.0 Å². The first-order chi connectivity index (χ1) is 17.4. The summed E-state index contributed by atoms with van der Waals surface area (Å²) in [5, 5.41) is 32.4. The number of ether oxygens (including phenoxy) is 3. The average Bonchev–Trinajstić information content (AvgIpc) is 2.87. The van der Waals surface area contributed by atoms with Crippen LogP contribution < -0.4 is 19.8 Å². The zero-order valence-electron chi connectivity index (χ0n) is 21.7. The lowest BCUT2D eigenvalue weighted by Gasteiger charge is -2.64. The number of rotatable bonds is 4. The topological polar surface area (TPSA) is 136 Å². The molecule has 200 valence electrons. The molecular weight excluding hydrogens is 480 g/mol. The van der Waals surface area contributed by atoms with Gasteiger partial charge in [0.25, 0.3) is 0 Å². The predicted molar refractivity (Wildman–Crippen MR) is 133 cm³/mol. The quantitative estimate of drug-likeness (QED) is 0.563. The third-order valence-electron chi connectivity index (χ3n) is 9.43. The molecule has 2 fully saturated rings. The Bertz CT molecular complexity index is 1300. The second kappa shape index (κ2) is 8.58. The number of benzene rings is 1. The van der Waals surface area contributed by atoms with E-state index >= 15 is 0 Å². The van der Waals surface area contributed by atoms with Crippen molar-refractivity contribution >= 4 is 5.78 Å². The molecule has 2 aliphatic carbocycles. The van der Waals surface area contributed by atoms with Crippen molar-refractivity contribution in [2.45, 2.75) is 57.8 Å². The maximum Gasteiger partial charge on any atom is 0.351 e. The molecule has 0 spiro atoms. The van der Waals surface area contributed by atoms with E-state index in [0.717, 1.165) is 0 Å². The van der Waals surface area contributed by atoms with Crippen LogP contribution in [-0.4, -0.2) is 59.7 Å². The Balaban J connectivity index is 1.63. The summed E-state index contributed by atoms with van der Waals surface area (Å²) < 4.78 is 22.6. The van der Waals surface area contributed by atoms with Gasteiger partial charge in [-0.25, -0.2) is 4.79 Å². The van der Waals surface area contributed by atoms with Crippen LogP contribution in [-0.2, 0) is 0 Å². The highest BCUT2D eigenvalue weighted by Crippen LogP contribution is 2.64. The fourth-order valence-corrected chi connectivity index (χ4v) is 7.32. The van der Waals surface area contributed by atoms with Crippen LogP contribution >= 0.6 is 0 Å². The van der Waals surface area contributed by atoms with Gasteiger partial charge in [0.2, 0.25) is 0 Å². The van der Waals surface area contributed by atoms with E-state index in [0.29, 0.717) is 29.9 Å². The molecule has 9 heteroatoms. The summed E-state index contributed by atoms with van der Waals surface area (Å²) in [6.45, 7) is 5.16. The summed E-state index contributed by atoms with van der Waals surface area (Å²) in [4.78, 5) is 27.3. The van der Waals surface area contributed by atoms with E-state index in [1.807, 2.05) is 6.92 Å². The third kappa shape index (κ3) is 3.47. The Morgan fingerprint density at radius 2 is 1.73 bits per heavy atom. The first-order valence-electron chi connectivity index (χ1n) is 12.6. The fourth-order valence-electron chi connectivity index (χ4n) is 7.32. The Labute approximate surface area is 215 Å². The van der Waals surface area contributed by atoms with E-state index in [-0.39, 0.29) is 36.0 Å². The highest BCUT2D eigenvalue weighted by Gasteiger charge is 2.69. The standard InChI is InChI=1S/C28H34O9/c1-26-9-8-20(30)27(2,13-29)19(26)12-21(31)28(3)24(26)23(32)22-18(37-28)11-16(36-25(22)33)14-6-7-15(34-4)17(10-14)35-5/h6-7,10-11,19-21,24,29-31H,8-9,12-13H2,1-5H3/t19?,20-,21-,24?,26-,27-,28+/m0/s1. The largest absolute Gasteiger partial charge is 0.493 e. The normalized spacial score (nSPS) is 36.6. The van der Waals surface area contributed by atoms with Crippen molar-refractivity contribution in [1.29, 1.82) is 0 Å². The minimum atomic E-state index is -1.31. The van der Waals surface area contributed by atoms with Gasteiger partial charge in [0.05, 0.1) is 39.0 Å². The fraction of sp³-hybridized carbons (Fsp3) is 0.571. The maximum atomic E-state index is 14.1. The van der Waals surface area contributed by atoms with Gasteiger partial charge in [-0.1, -0.05) is 13.8 Å². The van der Waals surface area contributed by atoms with Crippen molar-refractivity contribution in [3.05, 3.63) is 40.2 Å². The van der Waals surface area contributed by atoms with Crippen molar-refractivity contribution < 1.29 is 38.7 Å². The van der Waals surface area contributed by atoms with Gasteiger partial charge in [-0.2, -0.15) is 0 Å². The summed E-state index contributed by atoms with van der Waals surface area (Å²) in [6, 6.07) is 6.54. The molecule has 3 N–H and O–H groups in total. The minimum Gasteiger partial charge on any atom is -0.493 e. The van der Waals surface area contributed by atoms with Crippen LogP contribution in [0.2, 0.25) is 0 Å². The van der Waals surface area contributed by atoms with Crippen LogP contribution in [0.1, 0.15) is 50.4 Å². The molecule has 0 bridgehead atoms. The number of methoxy groups -OCH3 is 2. The van der Waals surface area contributed by atoms with Gasteiger partial charge >= 0.3 is 5.63 Å². The third-order valence-corrected chi connectivity index (χ3v) is 9.43. The number of aliphatic hydroxyl groups is 3. The monoisotopic (exact) mass is 514 g/mol. The lowest BCUT2D eigenvalue weighted by molar-refractivity contribution is -0.226. The summed E-state index contributed by atoms with van der Waals surface area (Å²) in [6.07, 6.45) is -0.723. The highest BCUT2D eigenvalue weighted by atomic mass is 16.5.